The molecule has 0 spiro atoms. The molecular weight excluding hydrogens is 325 g/mol. The maximum absolute atomic E-state index is 13.4. The molecule has 1 atom stereocenters. The molecule has 7 heteroatoms. The molecule has 1 heterocycles. The van der Waals surface area contributed by atoms with Gasteiger partial charge in [-0.15, -0.1) is 0 Å². The van der Waals surface area contributed by atoms with E-state index < -0.39 is 0 Å². The Balaban J connectivity index is 1.78. The van der Waals surface area contributed by atoms with Gasteiger partial charge in [0.25, 0.3) is 5.91 Å². The number of furan rings is 1. The summed E-state index contributed by atoms with van der Waals surface area (Å²) in [5.74, 6) is -0.651. The molecule has 0 aliphatic heterocycles. The van der Waals surface area contributed by atoms with Crippen LogP contribution in [0.25, 0.3) is 0 Å². The molecular formula is C18H22FN3O3. The van der Waals surface area contributed by atoms with E-state index in [1.807, 2.05) is 25.1 Å². The number of carbonyl (C=O) groups is 2. The largest absolute Gasteiger partial charge is 0.459 e. The summed E-state index contributed by atoms with van der Waals surface area (Å²) >= 11 is 0. The predicted octanol–water partition coefficient (Wildman–Crippen LogP) is 1.96. The first kappa shape index (κ1) is 18.7. The Morgan fingerprint density at radius 1 is 1.20 bits per heavy atom. The normalized spacial score (nSPS) is 12.0. The van der Waals surface area contributed by atoms with Gasteiger partial charge in [0.1, 0.15) is 5.82 Å². The molecule has 2 rings (SSSR count). The van der Waals surface area contributed by atoms with E-state index in [0.717, 1.165) is 5.56 Å². The van der Waals surface area contributed by atoms with Crippen LogP contribution in [0.15, 0.2) is 47.1 Å². The summed E-state index contributed by atoms with van der Waals surface area (Å²) in [5, 5.41) is 5.42. The smallest absolute Gasteiger partial charge is 0.286 e. The minimum Gasteiger partial charge on any atom is -0.459 e. The Labute approximate surface area is 146 Å². The van der Waals surface area contributed by atoms with Gasteiger partial charge in [-0.25, -0.2) is 4.39 Å². The maximum Gasteiger partial charge on any atom is 0.286 e. The molecule has 25 heavy (non-hydrogen) atoms. The third kappa shape index (κ3) is 5.72. The zero-order valence-corrected chi connectivity index (χ0v) is 14.3. The number of nitrogens with zero attached hydrogens (tertiary/aromatic N) is 1. The maximum atomic E-state index is 13.4. The minimum absolute atomic E-state index is 0.141. The predicted molar refractivity (Wildman–Crippen MR) is 91.5 cm³/mol. The van der Waals surface area contributed by atoms with Gasteiger partial charge in [-0.1, -0.05) is 12.1 Å². The quantitative estimate of drug-likeness (QED) is 0.765. The Bertz CT molecular complexity index is 701. The SMILES string of the molecule is CN(C)C(CNC(=O)CCNC(=O)c1ccco1)c1cccc(F)c1. The van der Waals surface area contributed by atoms with Crippen LogP contribution in [0.1, 0.15) is 28.6 Å². The number of halogens is 1. The van der Waals surface area contributed by atoms with Crippen LogP contribution in [0, 0.1) is 5.82 Å². The molecule has 0 bridgehead atoms. The lowest BCUT2D eigenvalue weighted by molar-refractivity contribution is -0.121. The summed E-state index contributed by atoms with van der Waals surface area (Å²) in [4.78, 5) is 25.5. The van der Waals surface area contributed by atoms with E-state index in [-0.39, 0.29) is 42.4 Å². The summed E-state index contributed by atoms with van der Waals surface area (Å²) in [6, 6.07) is 9.34. The zero-order valence-electron chi connectivity index (χ0n) is 14.3. The first-order valence-electron chi connectivity index (χ1n) is 7.97. The lowest BCUT2D eigenvalue weighted by Gasteiger charge is -2.25. The van der Waals surface area contributed by atoms with Crippen molar-refractivity contribution in [3.8, 4) is 0 Å². The molecule has 1 unspecified atom stereocenters. The van der Waals surface area contributed by atoms with Gasteiger partial charge in [0.15, 0.2) is 5.76 Å². The average Bonchev–Trinajstić information content (AvgIpc) is 3.09. The van der Waals surface area contributed by atoms with Gasteiger partial charge in [-0.2, -0.15) is 0 Å². The van der Waals surface area contributed by atoms with Gasteiger partial charge in [0.2, 0.25) is 5.91 Å². The topological polar surface area (TPSA) is 74.6 Å². The zero-order chi connectivity index (χ0) is 18.2. The molecule has 6 nitrogen and oxygen atoms in total. The summed E-state index contributed by atoms with van der Waals surface area (Å²) in [7, 11) is 3.73. The lowest BCUT2D eigenvalue weighted by atomic mass is 10.1. The molecule has 2 amide bonds. The number of rotatable bonds is 8. The van der Waals surface area contributed by atoms with Crippen molar-refractivity contribution in [3.05, 3.63) is 59.8 Å². The van der Waals surface area contributed by atoms with Gasteiger partial charge in [0, 0.05) is 19.5 Å². The molecule has 0 aliphatic rings. The van der Waals surface area contributed by atoms with Crippen LogP contribution < -0.4 is 10.6 Å². The highest BCUT2D eigenvalue weighted by Gasteiger charge is 2.16. The summed E-state index contributed by atoms with van der Waals surface area (Å²) in [6.07, 6.45) is 1.56. The van der Waals surface area contributed by atoms with Gasteiger partial charge >= 0.3 is 0 Å². The van der Waals surface area contributed by atoms with Crippen LogP contribution in [0.5, 0.6) is 0 Å². The standard InChI is InChI=1S/C18H22FN3O3/c1-22(2)15(13-5-3-6-14(19)11-13)12-21-17(23)8-9-20-18(24)16-7-4-10-25-16/h3-7,10-11,15H,8-9,12H2,1-2H3,(H,20,24)(H,21,23). The van der Waals surface area contributed by atoms with Crippen LogP contribution in [0.4, 0.5) is 4.39 Å². The Morgan fingerprint density at radius 2 is 2.00 bits per heavy atom. The highest BCUT2D eigenvalue weighted by atomic mass is 19.1. The molecule has 1 aromatic carbocycles. The third-order valence-electron chi connectivity index (χ3n) is 3.73. The fourth-order valence-corrected chi connectivity index (χ4v) is 2.40. The van der Waals surface area contributed by atoms with Gasteiger partial charge < -0.3 is 20.0 Å². The monoisotopic (exact) mass is 347 g/mol. The van der Waals surface area contributed by atoms with Crippen LogP contribution >= 0.6 is 0 Å². The third-order valence-corrected chi connectivity index (χ3v) is 3.73. The van der Waals surface area contributed by atoms with Crippen molar-refractivity contribution in [1.82, 2.24) is 15.5 Å². The van der Waals surface area contributed by atoms with E-state index in [1.165, 1.54) is 18.4 Å². The van der Waals surface area contributed by atoms with Crippen molar-refractivity contribution in [2.75, 3.05) is 27.2 Å². The molecule has 134 valence electrons. The Hall–Kier alpha value is -2.67. The fraction of sp³-hybridized carbons (Fsp3) is 0.333. The number of hydrogen-bond acceptors (Lipinski definition) is 4. The van der Waals surface area contributed by atoms with Crippen molar-refractivity contribution >= 4 is 11.8 Å². The van der Waals surface area contributed by atoms with Crippen molar-refractivity contribution in [1.29, 1.82) is 0 Å². The van der Waals surface area contributed by atoms with Crippen molar-refractivity contribution in [2.45, 2.75) is 12.5 Å². The van der Waals surface area contributed by atoms with E-state index in [9.17, 15) is 14.0 Å². The van der Waals surface area contributed by atoms with Crippen molar-refractivity contribution in [3.63, 3.8) is 0 Å². The highest BCUT2D eigenvalue weighted by molar-refractivity contribution is 5.91. The second-order valence-corrected chi connectivity index (χ2v) is 5.82. The number of likely N-dealkylation sites (N-methyl/N-ethyl adjacent to an activating group) is 1. The molecule has 0 fully saturated rings. The lowest BCUT2D eigenvalue weighted by Crippen LogP contribution is -2.36. The second-order valence-electron chi connectivity index (χ2n) is 5.82. The Kier molecular flexibility index (Phi) is 6.71. The van der Waals surface area contributed by atoms with Crippen molar-refractivity contribution in [2.24, 2.45) is 0 Å². The number of amides is 2. The second kappa shape index (κ2) is 8.98. The molecule has 2 aromatic rings. The van der Waals surface area contributed by atoms with Crippen LogP contribution in [-0.4, -0.2) is 43.9 Å². The van der Waals surface area contributed by atoms with Crippen LogP contribution in [0.3, 0.4) is 0 Å². The number of benzene rings is 1. The molecule has 0 radical (unpaired) electrons. The fourth-order valence-electron chi connectivity index (χ4n) is 2.40. The van der Waals surface area contributed by atoms with E-state index >= 15 is 0 Å². The van der Waals surface area contributed by atoms with Gasteiger partial charge in [-0.05, 0) is 43.9 Å². The van der Waals surface area contributed by atoms with Crippen molar-refractivity contribution < 1.29 is 18.4 Å². The molecule has 0 saturated carbocycles. The minimum atomic E-state index is -0.358. The van der Waals surface area contributed by atoms with E-state index in [4.69, 9.17) is 4.42 Å². The summed E-state index contributed by atoms with van der Waals surface area (Å²) in [6.45, 7) is 0.555. The number of carbonyl (C=O) groups excluding carboxylic acids is 2. The van der Waals surface area contributed by atoms with E-state index in [1.54, 1.807) is 18.2 Å². The van der Waals surface area contributed by atoms with Gasteiger partial charge in [0.05, 0.1) is 12.3 Å². The molecule has 0 saturated heterocycles. The first-order valence-corrected chi connectivity index (χ1v) is 7.97. The van der Waals surface area contributed by atoms with Gasteiger partial charge in [-0.3, -0.25) is 9.59 Å². The molecule has 0 aliphatic carbocycles. The van der Waals surface area contributed by atoms with Crippen LogP contribution in [-0.2, 0) is 4.79 Å². The highest BCUT2D eigenvalue weighted by Crippen LogP contribution is 2.18. The van der Waals surface area contributed by atoms with Crippen LogP contribution in [0.2, 0.25) is 0 Å². The number of nitrogens with one attached hydrogen (secondary N) is 2. The summed E-state index contributed by atoms with van der Waals surface area (Å²) in [5.41, 5.74) is 0.788. The van der Waals surface area contributed by atoms with E-state index in [2.05, 4.69) is 10.6 Å². The average molecular weight is 347 g/mol. The molecule has 2 N–H and O–H groups in total. The summed E-state index contributed by atoms with van der Waals surface area (Å²) < 4.78 is 18.4. The first-order chi connectivity index (χ1) is 12.0. The Morgan fingerprint density at radius 3 is 2.64 bits per heavy atom. The number of hydrogen-bond donors (Lipinski definition) is 2. The van der Waals surface area contributed by atoms with E-state index in [0.29, 0.717) is 6.54 Å². The molecule has 1 aromatic heterocycles.